The van der Waals surface area contributed by atoms with Gasteiger partial charge in [-0.15, -0.1) is 0 Å². The van der Waals surface area contributed by atoms with Gasteiger partial charge in [0.15, 0.2) is 11.5 Å². The second kappa shape index (κ2) is 9.71. The third-order valence-electron chi connectivity index (χ3n) is 6.66. The van der Waals surface area contributed by atoms with Crippen molar-refractivity contribution in [1.82, 2.24) is 0 Å². The largest absolute Gasteiger partial charge is 0.493 e. The molecule has 2 aliphatic rings. The molecule has 0 radical (unpaired) electrons. The minimum absolute atomic E-state index is 0.0865. The van der Waals surface area contributed by atoms with E-state index in [4.69, 9.17) is 23.7 Å². The number of ether oxygens (including phenoxy) is 5. The SMILES string of the molecule is COc1cc(C(=O)O[C@@H]2C/C(C)=C\CC[C@]3(C)O[C@@H]3[C@@H](O)[C@@H]2C(C)C)cc(OC)c1OC. The van der Waals surface area contributed by atoms with Gasteiger partial charge in [0.2, 0.25) is 5.75 Å². The zero-order valence-corrected chi connectivity index (χ0v) is 20.1. The predicted molar refractivity (Wildman–Crippen MR) is 121 cm³/mol. The molecule has 0 amide bonds. The Labute approximate surface area is 190 Å². The first-order valence-corrected chi connectivity index (χ1v) is 11.2. The summed E-state index contributed by atoms with van der Waals surface area (Å²) >= 11 is 0. The first-order chi connectivity index (χ1) is 15.1. The fourth-order valence-electron chi connectivity index (χ4n) is 4.80. The Morgan fingerprint density at radius 3 is 2.31 bits per heavy atom. The van der Waals surface area contributed by atoms with Gasteiger partial charge in [-0.3, -0.25) is 0 Å². The lowest BCUT2D eigenvalue weighted by atomic mass is 9.78. The molecule has 1 aromatic rings. The maximum atomic E-state index is 13.2. The van der Waals surface area contributed by atoms with E-state index in [9.17, 15) is 9.90 Å². The zero-order chi connectivity index (χ0) is 23.6. The first-order valence-electron chi connectivity index (χ1n) is 11.2. The molecule has 1 aromatic carbocycles. The van der Waals surface area contributed by atoms with Crippen molar-refractivity contribution in [3.63, 3.8) is 0 Å². The molecular formula is C25H36O7. The van der Waals surface area contributed by atoms with E-state index in [0.717, 1.165) is 18.4 Å². The molecule has 7 nitrogen and oxygen atoms in total. The van der Waals surface area contributed by atoms with E-state index >= 15 is 0 Å². The topological polar surface area (TPSA) is 86.8 Å². The Morgan fingerprint density at radius 1 is 1.16 bits per heavy atom. The lowest BCUT2D eigenvalue weighted by Gasteiger charge is -2.34. The number of fused-ring (bicyclic) bond motifs is 1. The van der Waals surface area contributed by atoms with Crippen LogP contribution >= 0.6 is 0 Å². The van der Waals surface area contributed by atoms with Crippen LogP contribution in [-0.2, 0) is 9.47 Å². The lowest BCUT2D eigenvalue weighted by molar-refractivity contribution is -0.0419. The van der Waals surface area contributed by atoms with Crippen LogP contribution in [0, 0.1) is 11.8 Å². The van der Waals surface area contributed by atoms with Crippen molar-refractivity contribution in [2.45, 2.75) is 70.9 Å². The van der Waals surface area contributed by atoms with Crippen molar-refractivity contribution < 1.29 is 33.6 Å². The second-order valence-corrected chi connectivity index (χ2v) is 9.31. The van der Waals surface area contributed by atoms with Crippen LogP contribution in [0.1, 0.15) is 57.3 Å². The number of esters is 1. The van der Waals surface area contributed by atoms with Crippen LogP contribution in [0.2, 0.25) is 0 Å². The molecule has 32 heavy (non-hydrogen) atoms. The van der Waals surface area contributed by atoms with Crippen molar-refractivity contribution in [2.75, 3.05) is 21.3 Å². The fourth-order valence-corrected chi connectivity index (χ4v) is 4.80. The van der Waals surface area contributed by atoms with E-state index in [1.54, 1.807) is 12.1 Å². The minimum atomic E-state index is -0.719. The average Bonchev–Trinajstić information content (AvgIpc) is 3.43. The van der Waals surface area contributed by atoms with Gasteiger partial charge in [0.05, 0.1) is 38.6 Å². The number of hydrogen-bond donors (Lipinski definition) is 1. The maximum Gasteiger partial charge on any atom is 0.338 e. The summed E-state index contributed by atoms with van der Waals surface area (Å²) in [5.41, 5.74) is 1.10. The van der Waals surface area contributed by atoms with Crippen LogP contribution in [-0.4, -0.2) is 56.3 Å². The van der Waals surface area contributed by atoms with Crippen molar-refractivity contribution in [3.05, 3.63) is 29.3 Å². The Morgan fingerprint density at radius 2 is 1.78 bits per heavy atom. The van der Waals surface area contributed by atoms with Gasteiger partial charge < -0.3 is 28.8 Å². The van der Waals surface area contributed by atoms with Gasteiger partial charge in [-0.05, 0) is 44.7 Å². The summed E-state index contributed by atoms with van der Waals surface area (Å²) in [7, 11) is 4.51. The molecule has 1 aliphatic heterocycles. The molecule has 3 rings (SSSR count). The molecule has 178 valence electrons. The normalized spacial score (nSPS) is 31.7. The molecule has 0 saturated carbocycles. The quantitative estimate of drug-likeness (QED) is 0.397. The van der Waals surface area contributed by atoms with E-state index in [0.29, 0.717) is 29.2 Å². The summed E-state index contributed by atoms with van der Waals surface area (Å²) < 4.78 is 28.1. The summed E-state index contributed by atoms with van der Waals surface area (Å²) in [5.74, 6) is 0.477. The monoisotopic (exact) mass is 448 g/mol. The Bertz CT molecular complexity index is 837. The number of carbonyl (C=O) groups is 1. The van der Waals surface area contributed by atoms with Crippen molar-refractivity contribution in [2.24, 2.45) is 11.8 Å². The molecule has 1 N–H and O–H groups in total. The number of methoxy groups -OCH3 is 3. The lowest BCUT2D eigenvalue weighted by Crippen LogP contribution is -2.43. The Hall–Kier alpha value is -2.25. The molecule has 0 unspecified atom stereocenters. The molecule has 1 aliphatic carbocycles. The van der Waals surface area contributed by atoms with Gasteiger partial charge in [-0.2, -0.15) is 0 Å². The number of hydrogen-bond acceptors (Lipinski definition) is 7. The highest BCUT2D eigenvalue weighted by molar-refractivity contribution is 5.91. The molecule has 1 saturated heterocycles. The van der Waals surface area contributed by atoms with Crippen molar-refractivity contribution in [1.29, 1.82) is 0 Å². The minimum Gasteiger partial charge on any atom is -0.493 e. The maximum absolute atomic E-state index is 13.2. The first kappa shape index (κ1) is 24.4. The van der Waals surface area contributed by atoms with Gasteiger partial charge in [0.25, 0.3) is 0 Å². The number of epoxide rings is 1. The number of allylic oxidation sites excluding steroid dienone is 1. The summed E-state index contributed by atoms with van der Waals surface area (Å²) in [6, 6.07) is 3.16. The third-order valence-corrected chi connectivity index (χ3v) is 6.66. The summed E-state index contributed by atoms with van der Waals surface area (Å²) in [4.78, 5) is 13.2. The molecular weight excluding hydrogens is 412 g/mol. The van der Waals surface area contributed by atoms with Crippen LogP contribution in [0.15, 0.2) is 23.8 Å². The van der Waals surface area contributed by atoms with Crippen molar-refractivity contribution in [3.8, 4) is 17.2 Å². The van der Waals surface area contributed by atoms with Gasteiger partial charge in [0, 0.05) is 12.3 Å². The summed E-state index contributed by atoms with van der Waals surface area (Å²) in [5, 5.41) is 11.2. The van der Waals surface area contributed by atoms with E-state index in [1.165, 1.54) is 21.3 Å². The number of aliphatic hydroxyl groups excluding tert-OH is 1. The highest BCUT2D eigenvalue weighted by Gasteiger charge is 2.58. The average molecular weight is 449 g/mol. The Kier molecular flexibility index (Phi) is 7.40. The zero-order valence-electron chi connectivity index (χ0n) is 20.1. The van der Waals surface area contributed by atoms with Gasteiger partial charge >= 0.3 is 5.97 Å². The van der Waals surface area contributed by atoms with Crippen LogP contribution in [0.5, 0.6) is 17.2 Å². The van der Waals surface area contributed by atoms with Crippen LogP contribution in [0.4, 0.5) is 0 Å². The number of aliphatic hydroxyl groups is 1. The molecule has 5 atom stereocenters. The highest BCUT2D eigenvalue weighted by Crippen LogP contribution is 2.47. The molecule has 0 spiro atoms. The number of carbonyl (C=O) groups excluding carboxylic acids is 1. The smallest absolute Gasteiger partial charge is 0.338 e. The van der Waals surface area contributed by atoms with Gasteiger partial charge in [-0.25, -0.2) is 4.79 Å². The predicted octanol–water partition coefficient (Wildman–Crippen LogP) is 4.16. The summed E-state index contributed by atoms with van der Waals surface area (Å²) in [6.07, 6.45) is 3.00. The molecule has 1 fully saturated rings. The van der Waals surface area contributed by atoms with E-state index in [-0.39, 0.29) is 23.5 Å². The molecule has 0 aromatic heterocycles. The summed E-state index contributed by atoms with van der Waals surface area (Å²) in [6.45, 7) is 8.16. The van der Waals surface area contributed by atoms with Crippen LogP contribution < -0.4 is 14.2 Å². The van der Waals surface area contributed by atoms with E-state index in [1.807, 2.05) is 27.7 Å². The van der Waals surface area contributed by atoms with Crippen LogP contribution in [0.3, 0.4) is 0 Å². The number of rotatable bonds is 6. The highest BCUT2D eigenvalue weighted by atomic mass is 16.6. The molecule has 0 bridgehead atoms. The standard InChI is InChI=1S/C25H36O7/c1-14(2)20-17(11-15(3)9-8-10-25(4)23(32-25)21(20)26)31-24(27)16-12-18(28-5)22(30-7)19(13-16)29-6/h9,12-14,17,20-21,23,26H,8,10-11H2,1-7H3/b15-9-/t17-,20-,21+,23-,25+/m1/s1. The van der Waals surface area contributed by atoms with E-state index < -0.39 is 18.2 Å². The Balaban J connectivity index is 1.93. The second-order valence-electron chi connectivity index (χ2n) is 9.31. The van der Waals surface area contributed by atoms with Crippen LogP contribution in [0.25, 0.3) is 0 Å². The third kappa shape index (κ3) is 4.89. The fraction of sp³-hybridized carbons (Fsp3) is 0.640. The van der Waals surface area contributed by atoms with Gasteiger partial charge in [0.1, 0.15) is 12.2 Å². The van der Waals surface area contributed by atoms with Gasteiger partial charge in [-0.1, -0.05) is 25.5 Å². The molecule has 7 heteroatoms. The van der Waals surface area contributed by atoms with Crippen molar-refractivity contribution >= 4 is 5.97 Å². The van der Waals surface area contributed by atoms with E-state index in [2.05, 4.69) is 6.08 Å². The molecule has 1 heterocycles. The number of benzene rings is 1.